The molecule has 1 N–H and O–H groups in total. The molecule has 7 heteroatoms. The summed E-state index contributed by atoms with van der Waals surface area (Å²) in [4.78, 5) is 16.4. The highest BCUT2D eigenvalue weighted by atomic mass is 35.5. The molecule has 0 fully saturated rings. The van der Waals surface area contributed by atoms with Crippen LogP contribution in [0.25, 0.3) is 4.96 Å². The molecular weight excluding hydrogens is 320 g/mol. The molecule has 2 heterocycles. The third-order valence-electron chi connectivity index (χ3n) is 3.21. The first-order valence-corrected chi connectivity index (χ1v) is 8.00. The summed E-state index contributed by atoms with van der Waals surface area (Å²) in [5, 5.41) is 9.05. The minimum atomic E-state index is -0.261. The lowest BCUT2D eigenvalue weighted by atomic mass is 9.95. The number of rotatable bonds is 4. The van der Waals surface area contributed by atoms with Crippen LogP contribution >= 0.6 is 22.9 Å². The van der Waals surface area contributed by atoms with Crippen LogP contribution < -0.4 is 10.9 Å². The van der Waals surface area contributed by atoms with E-state index in [0.29, 0.717) is 10.1 Å². The number of aromatic nitrogens is 3. The van der Waals surface area contributed by atoms with Crippen LogP contribution in [0.2, 0.25) is 5.02 Å². The van der Waals surface area contributed by atoms with Crippen molar-refractivity contribution in [3.05, 3.63) is 57.5 Å². The Kier molecular flexibility index (Phi) is 3.88. The normalized spacial score (nSPS) is 11.8. The number of fused-ring (bicyclic) bond motifs is 1. The number of nitrogens with zero attached hydrogens (tertiary/aromatic N) is 3. The SMILES string of the molecule is CC(C)(Cc1ccccc1Cl)Nc1nn2c(=O)ccnc2s1. The van der Waals surface area contributed by atoms with Crippen LogP contribution in [-0.2, 0) is 6.42 Å². The van der Waals surface area contributed by atoms with Gasteiger partial charge in [-0.15, -0.1) is 5.10 Å². The fourth-order valence-corrected chi connectivity index (χ4v) is 3.40. The van der Waals surface area contributed by atoms with E-state index in [1.54, 1.807) is 0 Å². The minimum Gasteiger partial charge on any atom is -0.355 e. The molecule has 0 saturated carbocycles. The van der Waals surface area contributed by atoms with E-state index in [9.17, 15) is 4.79 Å². The highest BCUT2D eigenvalue weighted by Gasteiger charge is 2.21. The molecule has 3 aromatic rings. The maximum Gasteiger partial charge on any atom is 0.275 e. The number of anilines is 1. The van der Waals surface area contributed by atoms with Crippen LogP contribution in [0.4, 0.5) is 5.13 Å². The van der Waals surface area contributed by atoms with Crippen molar-refractivity contribution in [3.8, 4) is 0 Å². The van der Waals surface area contributed by atoms with Gasteiger partial charge in [0.2, 0.25) is 10.1 Å². The third kappa shape index (κ3) is 3.13. The molecule has 22 heavy (non-hydrogen) atoms. The molecule has 0 atom stereocenters. The summed E-state index contributed by atoms with van der Waals surface area (Å²) < 4.78 is 1.30. The fourth-order valence-electron chi connectivity index (χ4n) is 2.25. The fraction of sp³-hybridized carbons (Fsp3) is 0.267. The van der Waals surface area contributed by atoms with Crippen LogP contribution in [0.1, 0.15) is 19.4 Å². The van der Waals surface area contributed by atoms with Gasteiger partial charge in [0.15, 0.2) is 0 Å². The summed E-state index contributed by atoms with van der Waals surface area (Å²) in [6.45, 7) is 4.14. The van der Waals surface area contributed by atoms with Gasteiger partial charge in [0.25, 0.3) is 5.56 Å². The first kappa shape index (κ1) is 15.0. The monoisotopic (exact) mass is 334 g/mol. The second-order valence-electron chi connectivity index (χ2n) is 5.66. The van der Waals surface area contributed by atoms with Crippen molar-refractivity contribution in [2.45, 2.75) is 25.8 Å². The maximum absolute atomic E-state index is 11.7. The Bertz CT molecular complexity index is 871. The topological polar surface area (TPSA) is 59.3 Å². The third-order valence-corrected chi connectivity index (χ3v) is 4.41. The van der Waals surface area contributed by atoms with Crippen molar-refractivity contribution < 1.29 is 0 Å². The summed E-state index contributed by atoms with van der Waals surface area (Å²) in [5.41, 5.74) is 0.624. The Balaban J connectivity index is 1.85. The smallest absolute Gasteiger partial charge is 0.275 e. The van der Waals surface area contributed by atoms with Gasteiger partial charge < -0.3 is 5.32 Å². The summed E-state index contributed by atoms with van der Waals surface area (Å²) in [6.07, 6.45) is 2.24. The van der Waals surface area contributed by atoms with Gasteiger partial charge in [-0.05, 0) is 31.9 Å². The van der Waals surface area contributed by atoms with Gasteiger partial charge in [-0.3, -0.25) is 4.79 Å². The Morgan fingerprint density at radius 2 is 2.09 bits per heavy atom. The number of hydrogen-bond donors (Lipinski definition) is 1. The summed E-state index contributed by atoms with van der Waals surface area (Å²) in [7, 11) is 0. The van der Waals surface area contributed by atoms with E-state index in [1.807, 2.05) is 24.3 Å². The Morgan fingerprint density at radius 1 is 1.32 bits per heavy atom. The lowest BCUT2D eigenvalue weighted by Gasteiger charge is -2.26. The van der Waals surface area contributed by atoms with Crippen molar-refractivity contribution in [3.63, 3.8) is 0 Å². The average Bonchev–Trinajstić information content (AvgIpc) is 2.84. The van der Waals surface area contributed by atoms with Crippen molar-refractivity contribution in [2.24, 2.45) is 0 Å². The molecule has 2 aromatic heterocycles. The first-order chi connectivity index (χ1) is 10.4. The number of hydrogen-bond acceptors (Lipinski definition) is 5. The van der Waals surface area contributed by atoms with Gasteiger partial charge in [-0.25, -0.2) is 4.98 Å². The molecule has 0 amide bonds. The van der Waals surface area contributed by atoms with E-state index in [-0.39, 0.29) is 11.1 Å². The predicted octanol–water partition coefficient (Wildman–Crippen LogP) is 3.24. The molecule has 0 radical (unpaired) electrons. The molecule has 0 bridgehead atoms. The van der Waals surface area contributed by atoms with Gasteiger partial charge in [0.05, 0.1) is 0 Å². The zero-order valence-corrected chi connectivity index (χ0v) is 13.8. The molecule has 0 aliphatic heterocycles. The van der Waals surface area contributed by atoms with E-state index in [0.717, 1.165) is 17.0 Å². The van der Waals surface area contributed by atoms with Crippen LogP contribution in [-0.4, -0.2) is 20.1 Å². The average molecular weight is 335 g/mol. The molecule has 0 unspecified atom stereocenters. The second kappa shape index (κ2) is 5.70. The molecule has 0 saturated heterocycles. The highest BCUT2D eigenvalue weighted by Crippen LogP contribution is 2.25. The second-order valence-corrected chi connectivity index (χ2v) is 7.02. The molecule has 114 valence electrons. The molecule has 3 rings (SSSR count). The van der Waals surface area contributed by atoms with Crippen molar-refractivity contribution in [1.29, 1.82) is 0 Å². The summed E-state index contributed by atoms with van der Waals surface area (Å²) >= 11 is 7.57. The van der Waals surface area contributed by atoms with Crippen LogP contribution in [0.3, 0.4) is 0 Å². The molecule has 5 nitrogen and oxygen atoms in total. The summed E-state index contributed by atoms with van der Waals surface area (Å²) in [6, 6.07) is 9.17. The number of halogens is 1. The van der Waals surface area contributed by atoms with Gasteiger partial charge in [0, 0.05) is 22.8 Å². The van der Waals surface area contributed by atoms with E-state index in [2.05, 4.69) is 29.2 Å². The summed E-state index contributed by atoms with van der Waals surface area (Å²) in [5.74, 6) is 0. The Labute approximate surface area is 136 Å². The molecular formula is C15H15ClN4OS. The first-order valence-electron chi connectivity index (χ1n) is 6.81. The molecule has 0 aliphatic rings. The van der Waals surface area contributed by atoms with Crippen LogP contribution in [0.15, 0.2) is 41.3 Å². The zero-order chi connectivity index (χ0) is 15.7. The van der Waals surface area contributed by atoms with E-state index < -0.39 is 0 Å². The standard InChI is InChI=1S/C15H15ClN4OS/c1-15(2,9-10-5-3-4-6-11(10)16)18-13-19-20-12(21)7-8-17-14(20)22-13/h3-8H,9H2,1-2H3,(H,18,19). The Morgan fingerprint density at radius 3 is 2.82 bits per heavy atom. The van der Waals surface area contributed by atoms with Gasteiger partial charge in [-0.1, -0.05) is 41.1 Å². The lowest BCUT2D eigenvalue weighted by molar-refractivity contribution is 0.562. The van der Waals surface area contributed by atoms with Gasteiger partial charge in [0.1, 0.15) is 0 Å². The van der Waals surface area contributed by atoms with Crippen molar-refractivity contribution >= 4 is 33.0 Å². The number of benzene rings is 1. The van der Waals surface area contributed by atoms with Crippen LogP contribution in [0, 0.1) is 0 Å². The molecule has 1 aromatic carbocycles. The van der Waals surface area contributed by atoms with E-state index >= 15 is 0 Å². The van der Waals surface area contributed by atoms with E-state index in [4.69, 9.17) is 11.6 Å². The van der Waals surface area contributed by atoms with Gasteiger partial charge >= 0.3 is 0 Å². The molecule has 0 spiro atoms. The minimum absolute atomic E-state index is 0.182. The quantitative estimate of drug-likeness (QED) is 0.795. The Hall–Kier alpha value is -1.92. The molecule has 0 aliphatic carbocycles. The van der Waals surface area contributed by atoms with Crippen molar-refractivity contribution in [2.75, 3.05) is 5.32 Å². The van der Waals surface area contributed by atoms with Crippen molar-refractivity contribution in [1.82, 2.24) is 14.6 Å². The predicted molar refractivity (Wildman–Crippen MR) is 90.0 cm³/mol. The maximum atomic E-state index is 11.7. The van der Waals surface area contributed by atoms with Gasteiger partial charge in [-0.2, -0.15) is 4.52 Å². The number of nitrogens with one attached hydrogen (secondary N) is 1. The zero-order valence-electron chi connectivity index (χ0n) is 12.2. The van der Waals surface area contributed by atoms with E-state index in [1.165, 1.54) is 28.1 Å². The highest BCUT2D eigenvalue weighted by molar-refractivity contribution is 7.20. The largest absolute Gasteiger partial charge is 0.355 e. The van der Waals surface area contributed by atoms with Crippen LogP contribution in [0.5, 0.6) is 0 Å². The lowest BCUT2D eigenvalue weighted by Crippen LogP contribution is -2.33.